The molecule has 4 nitrogen and oxygen atoms in total. The molecule has 2 rings (SSSR count). The topological polar surface area (TPSA) is 59.1 Å². The number of aromatic nitrogens is 1. The molecule has 0 radical (unpaired) electrons. The number of hydrogen-bond acceptors (Lipinski definition) is 4. The van der Waals surface area contributed by atoms with Crippen LogP contribution in [0.25, 0.3) is 0 Å². The van der Waals surface area contributed by atoms with Gasteiger partial charge in [0, 0.05) is 25.0 Å². The van der Waals surface area contributed by atoms with Crippen molar-refractivity contribution in [1.29, 1.82) is 0 Å². The molecule has 100 valence electrons. The Morgan fingerprint density at radius 3 is 2.72 bits per heavy atom. The van der Waals surface area contributed by atoms with Gasteiger partial charge in [0.2, 0.25) is 0 Å². The zero-order valence-electron chi connectivity index (χ0n) is 10.9. The van der Waals surface area contributed by atoms with Crippen LogP contribution in [0.1, 0.15) is 38.2 Å². The van der Waals surface area contributed by atoms with Gasteiger partial charge in [-0.15, -0.1) is 0 Å². The predicted molar refractivity (Wildman–Crippen MR) is 71.4 cm³/mol. The lowest BCUT2D eigenvalue weighted by atomic mass is 10.1. The van der Waals surface area contributed by atoms with Crippen molar-refractivity contribution in [3.8, 4) is 0 Å². The third kappa shape index (κ3) is 3.53. The molecule has 1 heterocycles. The molecular weight excluding hydrogens is 248 g/mol. The number of pyridine rings is 1. The number of sulfone groups is 1. The van der Waals surface area contributed by atoms with Crippen molar-refractivity contribution in [3.05, 3.63) is 24.0 Å². The highest BCUT2D eigenvalue weighted by molar-refractivity contribution is 7.91. The maximum atomic E-state index is 12.1. The van der Waals surface area contributed by atoms with E-state index in [2.05, 4.69) is 10.3 Å². The van der Waals surface area contributed by atoms with Crippen LogP contribution >= 0.6 is 0 Å². The molecule has 1 aromatic heterocycles. The first-order valence-electron chi connectivity index (χ1n) is 6.40. The van der Waals surface area contributed by atoms with Gasteiger partial charge in [-0.05, 0) is 30.4 Å². The van der Waals surface area contributed by atoms with E-state index in [1.807, 2.05) is 13.8 Å². The van der Waals surface area contributed by atoms with Gasteiger partial charge in [-0.2, -0.15) is 0 Å². The van der Waals surface area contributed by atoms with Crippen LogP contribution in [-0.4, -0.2) is 31.7 Å². The smallest absolute Gasteiger partial charge is 0.181 e. The van der Waals surface area contributed by atoms with Crippen LogP contribution in [0.5, 0.6) is 0 Å². The number of nitrogens with one attached hydrogen (secondary N) is 1. The summed E-state index contributed by atoms with van der Waals surface area (Å²) in [5, 5.41) is 3.22. The molecule has 0 atom stereocenters. The quantitative estimate of drug-likeness (QED) is 0.853. The fourth-order valence-corrected chi connectivity index (χ4v) is 2.88. The summed E-state index contributed by atoms with van der Waals surface area (Å²) < 4.78 is 24.3. The molecule has 0 unspecified atom stereocenters. The lowest BCUT2D eigenvalue weighted by molar-refractivity contribution is 0.590. The van der Waals surface area contributed by atoms with Gasteiger partial charge in [-0.1, -0.05) is 13.8 Å². The van der Waals surface area contributed by atoms with Crippen LogP contribution in [-0.2, 0) is 9.84 Å². The van der Waals surface area contributed by atoms with E-state index in [0.717, 1.165) is 5.56 Å². The number of rotatable bonds is 6. The van der Waals surface area contributed by atoms with Crippen molar-refractivity contribution in [1.82, 2.24) is 10.3 Å². The Morgan fingerprint density at radius 1 is 1.39 bits per heavy atom. The largest absolute Gasteiger partial charge is 0.313 e. The number of hydrogen-bond donors (Lipinski definition) is 1. The Labute approximate surface area is 109 Å². The third-order valence-corrected chi connectivity index (χ3v) is 4.82. The molecule has 5 heteroatoms. The van der Waals surface area contributed by atoms with Gasteiger partial charge < -0.3 is 5.32 Å². The van der Waals surface area contributed by atoms with Gasteiger partial charge in [0.05, 0.1) is 10.6 Å². The molecule has 0 spiro atoms. The van der Waals surface area contributed by atoms with E-state index < -0.39 is 9.84 Å². The SMILES string of the molecule is CC(C)c1cncc(S(=O)(=O)CCNC2CC2)c1. The van der Waals surface area contributed by atoms with E-state index in [0.29, 0.717) is 17.5 Å². The van der Waals surface area contributed by atoms with Gasteiger partial charge in [-0.3, -0.25) is 4.98 Å². The summed E-state index contributed by atoms with van der Waals surface area (Å²) in [6.45, 7) is 4.59. The highest BCUT2D eigenvalue weighted by atomic mass is 32.2. The first-order valence-corrected chi connectivity index (χ1v) is 8.05. The van der Waals surface area contributed by atoms with Crippen LogP contribution in [0.4, 0.5) is 0 Å². The second-order valence-corrected chi connectivity index (χ2v) is 7.27. The minimum atomic E-state index is -3.21. The van der Waals surface area contributed by atoms with Crippen LogP contribution < -0.4 is 5.32 Å². The zero-order chi connectivity index (χ0) is 13.2. The normalized spacial score (nSPS) is 16.2. The van der Waals surface area contributed by atoms with Crippen LogP contribution in [0.2, 0.25) is 0 Å². The van der Waals surface area contributed by atoms with Gasteiger partial charge in [-0.25, -0.2) is 8.42 Å². The van der Waals surface area contributed by atoms with Crippen molar-refractivity contribution in [3.63, 3.8) is 0 Å². The van der Waals surface area contributed by atoms with Gasteiger partial charge >= 0.3 is 0 Å². The molecule has 18 heavy (non-hydrogen) atoms. The first-order chi connectivity index (χ1) is 8.49. The highest BCUT2D eigenvalue weighted by Crippen LogP contribution is 2.20. The van der Waals surface area contributed by atoms with Crippen molar-refractivity contribution in [2.75, 3.05) is 12.3 Å². The lowest BCUT2D eigenvalue weighted by Crippen LogP contribution is -2.24. The van der Waals surface area contributed by atoms with Gasteiger partial charge in [0.1, 0.15) is 0 Å². The maximum Gasteiger partial charge on any atom is 0.181 e. The Hall–Kier alpha value is -0.940. The second kappa shape index (κ2) is 5.36. The zero-order valence-corrected chi connectivity index (χ0v) is 11.7. The molecule has 0 amide bonds. The molecule has 0 saturated heterocycles. The average molecular weight is 268 g/mol. The molecule has 1 fully saturated rings. The second-order valence-electron chi connectivity index (χ2n) is 5.16. The predicted octanol–water partition coefficient (Wildman–Crippen LogP) is 1.73. The van der Waals surface area contributed by atoms with E-state index >= 15 is 0 Å². The van der Waals surface area contributed by atoms with E-state index in [1.165, 1.54) is 19.0 Å². The molecule has 0 aliphatic heterocycles. The fourth-order valence-electron chi connectivity index (χ4n) is 1.72. The van der Waals surface area contributed by atoms with Crippen molar-refractivity contribution < 1.29 is 8.42 Å². The Bertz CT molecular complexity index is 507. The molecule has 0 aromatic carbocycles. The van der Waals surface area contributed by atoms with E-state index in [1.54, 1.807) is 12.3 Å². The number of nitrogens with zero attached hydrogens (tertiary/aromatic N) is 1. The van der Waals surface area contributed by atoms with Gasteiger partial charge in [0.15, 0.2) is 9.84 Å². The third-order valence-electron chi connectivity index (χ3n) is 3.14. The fraction of sp³-hybridized carbons (Fsp3) is 0.615. The molecule has 1 aliphatic carbocycles. The summed E-state index contributed by atoms with van der Waals surface area (Å²) in [5.41, 5.74) is 0.964. The molecule has 1 saturated carbocycles. The van der Waals surface area contributed by atoms with Crippen LogP contribution in [0.3, 0.4) is 0 Å². The summed E-state index contributed by atoms with van der Waals surface area (Å²) in [6.07, 6.45) is 5.51. The molecule has 1 aliphatic rings. The molecule has 1 aromatic rings. The Morgan fingerprint density at radius 2 is 2.11 bits per heavy atom. The highest BCUT2D eigenvalue weighted by Gasteiger charge is 2.22. The van der Waals surface area contributed by atoms with Crippen molar-refractivity contribution in [2.24, 2.45) is 0 Å². The van der Waals surface area contributed by atoms with E-state index in [9.17, 15) is 8.42 Å². The summed E-state index contributed by atoms with van der Waals surface area (Å²) in [6, 6.07) is 2.28. The summed E-state index contributed by atoms with van der Waals surface area (Å²) in [4.78, 5) is 4.37. The minimum absolute atomic E-state index is 0.146. The molecular formula is C13H20N2O2S. The Balaban J connectivity index is 2.05. The van der Waals surface area contributed by atoms with Crippen LogP contribution in [0.15, 0.2) is 23.4 Å². The first kappa shape index (κ1) is 13.5. The molecule has 0 bridgehead atoms. The van der Waals surface area contributed by atoms with E-state index in [4.69, 9.17) is 0 Å². The molecule has 1 N–H and O–H groups in total. The van der Waals surface area contributed by atoms with Crippen molar-refractivity contribution >= 4 is 9.84 Å². The Kier molecular flexibility index (Phi) is 4.02. The van der Waals surface area contributed by atoms with E-state index in [-0.39, 0.29) is 11.7 Å². The maximum absolute atomic E-state index is 12.1. The summed E-state index contributed by atoms with van der Waals surface area (Å²) in [5.74, 6) is 0.435. The van der Waals surface area contributed by atoms with Gasteiger partial charge in [0.25, 0.3) is 0 Å². The van der Waals surface area contributed by atoms with Crippen LogP contribution in [0, 0.1) is 0 Å². The lowest BCUT2D eigenvalue weighted by Gasteiger charge is -2.08. The van der Waals surface area contributed by atoms with Crippen molar-refractivity contribution in [2.45, 2.75) is 43.5 Å². The summed E-state index contributed by atoms with van der Waals surface area (Å²) >= 11 is 0. The monoisotopic (exact) mass is 268 g/mol. The summed E-state index contributed by atoms with van der Waals surface area (Å²) in [7, 11) is -3.21. The average Bonchev–Trinajstić information content (AvgIpc) is 3.13. The standard InChI is InChI=1S/C13H20N2O2S/c1-10(2)11-7-13(9-14-8-11)18(16,17)6-5-15-12-3-4-12/h7-10,12,15H,3-6H2,1-2H3. The minimum Gasteiger partial charge on any atom is -0.313 e.